The normalized spacial score (nSPS) is 20.6. The Balaban J connectivity index is 2.32. The van der Waals surface area contributed by atoms with Gasteiger partial charge in [0.05, 0.1) is 10.9 Å². The van der Waals surface area contributed by atoms with Crippen LogP contribution in [-0.2, 0) is 16.4 Å². The first-order chi connectivity index (χ1) is 9.46. The van der Waals surface area contributed by atoms with Crippen molar-refractivity contribution in [2.75, 3.05) is 23.9 Å². The van der Waals surface area contributed by atoms with Gasteiger partial charge in [-0.15, -0.1) is 0 Å². The van der Waals surface area contributed by atoms with Gasteiger partial charge in [0.1, 0.15) is 0 Å². The number of nitrogens with one attached hydrogen (secondary N) is 1. The molecule has 2 rings (SSSR count). The van der Waals surface area contributed by atoms with Crippen molar-refractivity contribution < 1.29 is 8.42 Å². The van der Waals surface area contributed by atoms with E-state index in [1.807, 2.05) is 31.2 Å². The molecule has 112 valence electrons. The molecule has 0 aromatic heterocycles. The van der Waals surface area contributed by atoms with Crippen molar-refractivity contribution in [3.63, 3.8) is 0 Å². The minimum absolute atomic E-state index is 0.353. The quantitative estimate of drug-likeness (QED) is 0.904. The van der Waals surface area contributed by atoms with Gasteiger partial charge in [0.15, 0.2) is 0 Å². The number of para-hydroxylation sites is 1. The summed E-state index contributed by atoms with van der Waals surface area (Å²) < 4.78 is 27.2. The Hall–Kier alpha value is -1.07. The zero-order chi connectivity index (χ0) is 14.8. The minimum atomic E-state index is -3.31. The second kappa shape index (κ2) is 6.14. The Kier molecular flexibility index (Phi) is 4.70. The molecule has 0 amide bonds. The summed E-state index contributed by atoms with van der Waals surface area (Å²) in [6.07, 6.45) is 0.948. The third-order valence-corrected chi connectivity index (χ3v) is 5.95. The summed E-state index contributed by atoms with van der Waals surface area (Å²) in [5.41, 5.74) is 1.99. The molecule has 0 spiro atoms. The first-order valence-electron chi connectivity index (χ1n) is 7.27. The lowest BCUT2D eigenvalue weighted by molar-refractivity contribution is 0.534. The molecule has 1 heterocycles. The van der Waals surface area contributed by atoms with E-state index in [2.05, 4.69) is 12.2 Å². The molecular weight excluding hydrogens is 272 g/mol. The molecule has 2 atom stereocenters. The average Bonchev–Trinajstić information content (AvgIpc) is 2.43. The van der Waals surface area contributed by atoms with Crippen molar-refractivity contribution in [1.82, 2.24) is 5.32 Å². The number of rotatable bonds is 5. The fourth-order valence-corrected chi connectivity index (χ4v) is 4.34. The van der Waals surface area contributed by atoms with Crippen LogP contribution in [0.3, 0.4) is 0 Å². The highest BCUT2D eigenvalue weighted by Crippen LogP contribution is 2.32. The van der Waals surface area contributed by atoms with Gasteiger partial charge in [-0.1, -0.05) is 32.0 Å². The van der Waals surface area contributed by atoms with Crippen molar-refractivity contribution >= 4 is 15.7 Å². The Morgan fingerprint density at radius 2 is 2.10 bits per heavy atom. The highest BCUT2D eigenvalue weighted by Gasteiger charge is 2.33. The fraction of sp³-hybridized carbons (Fsp3) is 0.600. The Labute approximate surface area is 122 Å². The lowest BCUT2D eigenvalue weighted by Gasteiger charge is -2.35. The average molecular weight is 296 g/mol. The molecule has 4 nitrogen and oxygen atoms in total. The summed E-state index contributed by atoms with van der Waals surface area (Å²) in [5.74, 6) is 0.353. The monoisotopic (exact) mass is 296 g/mol. The first-order valence-corrected chi connectivity index (χ1v) is 8.77. The summed E-state index contributed by atoms with van der Waals surface area (Å²) >= 11 is 0. The molecule has 1 aromatic rings. The molecule has 0 fully saturated rings. The molecule has 0 bridgehead atoms. The van der Waals surface area contributed by atoms with Gasteiger partial charge in [-0.05, 0) is 37.4 Å². The molecule has 1 aliphatic heterocycles. The molecule has 0 radical (unpaired) electrons. The third-order valence-electron chi connectivity index (χ3n) is 3.80. The van der Waals surface area contributed by atoms with Crippen LogP contribution < -0.4 is 9.62 Å². The van der Waals surface area contributed by atoms with Crippen LogP contribution in [0.1, 0.15) is 26.3 Å². The SMILES string of the molecule is CCNCC(C)S(=O)(=O)N1CC(C)Cc2ccccc21. The molecule has 1 aliphatic rings. The van der Waals surface area contributed by atoms with E-state index in [1.54, 1.807) is 11.2 Å². The number of sulfonamides is 1. The Morgan fingerprint density at radius 3 is 2.80 bits per heavy atom. The van der Waals surface area contributed by atoms with Crippen LogP contribution in [0.4, 0.5) is 5.69 Å². The van der Waals surface area contributed by atoms with E-state index in [1.165, 1.54) is 0 Å². The van der Waals surface area contributed by atoms with E-state index in [0.717, 1.165) is 24.2 Å². The van der Waals surface area contributed by atoms with Crippen LogP contribution in [0.25, 0.3) is 0 Å². The zero-order valence-electron chi connectivity index (χ0n) is 12.5. The number of hydrogen-bond acceptors (Lipinski definition) is 3. The molecule has 0 saturated heterocycles. The van der Waals surface area contributed by atoms with Crippen molar-refractivity contribution in [1.29, 1.82) is 0 Å². The standard InChI is InChI=1S/C15H24N2O2S/c1-4-16-10-13(3)20(18,19)17-11-12(2)9-14-7-5-6-8-15(14)17/h5-8,12-13,16H,4,9-11H2,1-3H3. The summed E-state index contributed by atoms with van der Waals surface area (Å²) in [6, 6.07) is 7.83. The van der Waals surface area contributed by atoms with Crippen molar-refractivity contribution in [3.05, 3.63) is 29.8 Å². The van der Waals surface area contributed by atoms with E-state index in [-0.39, 0.29) is 0 Å². The van der Waals surface area contributed by atoms with Crippen molar-refractivity contribution in [3.8, 4) is 0 Å². The Morgan fingerprint density at radius 1 is 1.40 bits per heavy atom. The predicted molar refractivity (Wildman–Crippen MR) is 83.6 cm³/mol. The predicted octanol–water partition coefficient (Wildman–Crippen LogP) is 2.01. The first kappa shape index (κ1) is 15.3. The molecule has 0 saturated carbocycles. The lowest BCUT2D eigenvalue weighted by atomic mass is 9.96. The smallest absolute Gasteiger partial charge is 0.239 e. The minimum Gasteiger partial charge on any atom is -0.316 e. The highest BCUT2D eigenvalue weighted by molar-refractivity contribution is 7.93. The third kappa shape index (κ3) is 2.99. The van der Waals surface area contributed by atoms with E-state index in [4.69, 9.17) is 0 Å². The fourth-order valence-electron chi connectivity index (χ4n) is 2.66. The van der Waals surface area contributed by atoms with Gasteiger partial charge < -0.3 is 5.32 Å². The maximum Gasteiger partial charge on any atom is 0.239 e. The number of anilines is 1. The van der Waals surface area contributed by atoms with Crippen molar-refractivity contribution in [2.45, 2.75) is 32.4 Å². The molecule has 2 unspecified atom stereocenters. The van der Waals surface area contributed by atoms with Crippen LogP contribution in [-0.4, -0.2) is 33.3 Å². The summed E-state index contributed by atoms with van der Waals surface area (Å²) in [7, 11) is -3.31. The van der Waals surface area contributed by atoms with E-state index in [0.29, 0.717) is 19.0 Å². The lowest BCUT2D eigenvalue weighted by Crippen LogP contribution is -2.46. The maximum absolute atomic E-state index is 12.8. The molecule has 1 aromatic carbocycles. The van der Waals surface area contributed by atoms with E-state index < -0.39 is 15.3 Å². The highest BCUT2D eigenvalue weighted by atomic mass is 32.2. The summed E-state index contributed by atoms with van der Waals surface area (Å²) in [6.45, 7) is 7.72. The number of nitrogens with zero attached hydrogens (tertiary/aromatic N) is 1. The van der Waals surface area contributed by atoms with Gasteiger partial charge >= 0.3 is 0 Å². The van der Waals surface area contributed by atoms with Gasteiger partial charge in [0, 0.05) is 13.1 Å². The molecule has 0 aliphatic carbocycles. The molecule has 20 heavy (non-hydrogen) atoms. The summed E-state index contributed by atoms with van der Waals surface area (Å²) in [4.78, 5) is 0. The molecule has 5 heteroatoms. The molecule has 1 N–H and O–H groups in total. The van der Waals surface area contributed by atoms with Crippen molar-refractivity contribution in [2.24, 2.45) is 5.92 Å². The largest absolute Gasteiger partial charge is 0.316 e. The van der Waals surface area contributed by atoms with Crippen LogP contribution in [0.15, 0.2) is 24.3 Å². The van der Waals surface area contributed by atoms with Crippen LogP contribution in [0.5, 0.6) is 0 Å². The van der Waals surface area contributed by atoms with Crippen LogP contribution in [0.2, 0.25) is 0 Å². The van der Waals surface area contributed by atoms with Gasteiger partial charge in [-0.2, -0.15) is 0 Å². The van der Waals surface area contributed by atoms with E-state index in [9.17, 15) is 8.42 Å². The van der Waals surface area contributed by atoms with E-state index >= 15 is 0 Å². The Bertz CT molecular complexity index is 557. The number of fused-ring (bicyclic) bond motifs is 1. The topological polar surface area (TPSA) is 49.4 Å². The zero-order valence-corrected chi connectivity index (χ0v) is 13.3. The van der Waals surface area contributed by atoms with Crippen LogP contribution >= 0.6 is 0 Å². The summed E-state index contributed by atoms with van der Waals surface area (Å²) in [5, 5.41) is 2.71. The second-order valence-electron chi connectivity index (χ2n) is 5.63. The molecular formula is C15H24N2O2S. The maximum atomic E-state index is 12.8. The number of benzene rings is 1. The van der Waals surface area contributed by atoms with Gasteiger partial charge in [0.25, 0.3) is 0 Å². The van der Waals surface area contributed by atoms with Gasteiger partial charge in [0.2, 0.25) is 10.0 Å². The number of hydrogen-bond donors (Lipinski definition) is 1. The van der Waals surface area contributed by atoms with Gasteiger partial charge in [-0.3, -0.25) is 4.31 Å². The second-order valence-corrected chi connectivity index (χ2v) is 7.91. The van der Waals surface area contributed by atoms with Crippen LogP contribution in [0, 0.1) is 5.92 Å². The van der Waals surface area contributed by atoms with Gasteiger partial charge in [-0.25, -0.2) is 8.42 Å².